The quantitative estimate of drug-likeness (QED) is 0.743. The maximum atomic E-state index is 13.6. The molecular weight excluding hydrogens is 313 g/mol. The van der Waals surface area contributed by atoms with Crippen molar-refractivity contribution in [3.05, 3.63) is 54.3 Å². The molecule has 7 nitrogen and oxygen atoms in total. The van der Waals surface area contributed by atoms with Gasteiger partial charge in [0.2, 0.25) is 5.95 Å². The molecule has 2 N–H and O–H groups in total. The first kappa shape index (κ1) is 15.7. The van der Waals surface area contributed by atoms with Gasteiger partial charge in [-0.1, -0.05) is 5.16 Å². The molecule has 124 valence electrons. The Morgan fingerprint density at radius 1 is 1.25 bits per heavy atom. The van der Waals surface area contributed by atoms with E-state index in [-0.39, 0.29) is 11.8 Å². The number of nitrogens with two attached hydrogens (primary N) is 1. The maximum absolute atomic E-state index is 13.6. The molecule has 8 heteroatoms. The first-order valence-electron chi connectivity index (χ1n) is 7.35. The minimum atomic E-state index is -0.385. The molecule has 0 radical (unpaired) electrons. The van der Waals surface area contributed by atoms with E-state index in [9.17, 15) is 4.39 Å². The Balaban J connectivity index is 2.07. The normalized spacial score (nSPS) is 10.6. The minimum Gasteiger partial charge on any atom is -0.492 e. The van der Waals surface area contributed by atoms with E-state index in [2.05, 4.69) is 15.1 Å². The Kier molecular flexibility index (Phi) is 4.55. The molecule has 0 aliphatic carbocycles. The molecule has 0 saturated carbocycles. The second-order valence-corrected chi connectivity index (χ2v) is 4.88. The zero-order chi connectivity index (χ0) is 16.9. The van der Waals surface area contributed by atoms with E-state index in [0.717, 1.165) is 0 Å². The fourth-order valence-electron chi connectivity index (χ4n) is 2.27. The van der Waals surface area contributed by atoms with Crippen molar-refractivity contribution in [1.29, 1.82) is 0 Å². The summed E-state index contributed by atoms with van der Waals surface area (Å²) < 4.78 is 24.4. The highest BCUT2D eigenvalue weighted by Crippen LogP contribution is 2.35. The van der Waals surface area contributed by atoms with Crippen molar-refractivity contribution in [2.45, 2.75) is 13.5 Å². The number of rotatable bonds is 6. The van der Waals surface area contributed by atoms with Crippen LogP contribution in [0.15, 0.2) is 47.2 Å². The number of nitrogen functional groups attached to an aromatic ring is 1. The topological polar surface area (TPSA) is 90.3 Å². The zero-order valence-corrected chi connectivity index (χ0v) is 13.0. The number of halogens is 1. The smallest absolute Gasteiger partial charge is 0.221 e. The van der Waals surface area contributed by atoms with Crippen molar-refractivity contribution >= 4 is 17.5 Å². The standard InChI is InChI=1S/C16H16FN5O2/c1-2-23-14-9-11(17)3-4-13(14)22(10-12-5-8-20-24-12)15-6-7-19-16(18)21-15/h3-9H,2,10H2,1H3,(H2,18,19,21). The molecule has 0 unspecified atom stereocenters. The van der Waals surface area contributed by atoms with E-state index in [4.69, 9.17) is 15.0 Å². The fraction of sp³-hybridized carbons (Fsp3) is 0.188. The molecule has 0 atom stereocenters. The molecule has 0 amide bonds. The van der Waals surface area contributed by atoms with Gasteiger partial charge >= 0.3 is 0 Å². The highest BCUT2D eigenvalue weighted by atomic mass is 19.1. The van der Waals surface area contributed by atoms with Crippen LogP contribution >= 0.6 is 0 Å². The van der Waals surface area contributed by atoms with Crippen LogP contribution in [0.3, 0.4) is 0 Å². The summed E-state index contributed by atoms with van der Waals surface area (Å²) in [6.45, 7) is 2.55. The lowest BCUT2D eigenvalue weighted by Gasteiger charge is -2.25. The largest absolute Gasteiger partial charge is 0.492 e. The summed E-state index contributed by atoms with van der Waals surface area (Å²) in [6.07, 6.45) is 3.10. The minimum absolute atomic E-state index is 0.134. The Hall–Kier alpha value is -3.16. The maximum Gasteiger partial charge on any atom is 0.221 e. The summed E-state index contributed by atoms with van der Waals surface area (Å²) in [5, 5.41) is 3.70. The molecule has 1 aromatic carbocycles. The van der Waals surface area contributed by atoms with Crippen molar-refractivity contribution in [3.63, 3.8) is 0 Å². The first-order chi connectivity index (χ1) is 11.7. The van der Waals surface area contributed by atoms with Crippen molar-refractivity contribution in [1.82, 2.24) is 15.1 Å². The third kappa shape index (κ3) is 3.43. The summed E-state index contributed by atoms with van der Waals surface area (Å²) in [5.41, 5.74) is 6.32. The SMILES string of the molecule is CCOc1cc(F)ccc1N(Cc1ccno1)c1ccnc(N)n1. The molecule has 0 spiro atoms. The third-order valence-electron chi connectivity index (χ3n) is 3.25. The van der Waals surface area contributed by atoms with Crippen LogP contribution in [0.1, 0.15) is 12.7 Å². The first-order valence-corrected chi connectivity index (χ1v) is 7.35. The van der Waals surface area contributed by atoms with Gasteiger partial charge in [-0.05, 0) is 25.1 Å². The van der Waals surface area contributed by atoms with Crippen LogP contribution < -0.4 is 15.4 Å². The molecule has 2 aromatic heterocycles. The lowest BCUT2D eigenvalue weighted by atomic mass is 10.2. The van der Waals surface area contributed by atoms with E-state index in [1.54, 1.807) is 35.5 Å². The zero-order valence-electron chi connectivity index (χ0n) is 13.0. The molecule has 0 aliphatic rings. The van der Waals surface area contributed by atoms with Crippen LogP contribution in [0.25, 0.3) is 0 Å². The molecule has 3 aromatic rings. The number of anilines is 3. The van der Waals surface area contributed by atoms with Crippen molar-refractivity contribution < 1.29 is 13.7 Å². The van der Waals surface area contributed by atoms with E-state index < -0.39 is 0 Å². The van der Waals surface area contributed by atoms with E-state index in [0.29, 0.717) is 36.2 Å². The number of nitrogens with zero attached hydrogens (tertiary/aromatic N) is 4. The number of hydrogen-bond donors (Lipinski definition) is 1. The Bertz CT molecular complexity index is 810. The van der Waals surface area contributed by atoms with Crippen LogP contribution in [-0.4, -0.2) is 21.7 Å². The van der Waals surface area contributed by atoms with Gasteiger partial charge in [0.05, 0.1) is 25.0 Å². The molecule has 0 fully saturated rings. The molecule has 24 heavy (non-hydrogen) atoms. The molecule has 2 heterocycles. The van der Waals surface area contributed by atoms with Gasteiger partial charge in [-0.15, -0.1) is 0 Å². The molecule has 0 saturated heterocycles. The molecule has 0 aliphatic heterocycles. The summed E-state index contributed by atoms with van der Waals surface area (Å²) in [7, 11) is 0. The number of hydrogen-bond acceptors (Lipinski definition) is 7. The van der Waals surface area contributed by atoms with Crippen LogP contribution in [-0.2, 0) is 6.54 Å². The van der Waals surface area contributed by atoms with Crippen molar-refractivity contribution in [2.75, 3.05) is 17.2 Å². The van der Waals surface area contributed by atoms with E-state index >= 15 is 0 Å². The Morgan fingerprint density at radius 3 is 2.83 bits per heavy atom. The summed E-state index contributed by atoms with van der Waals surface area (Å²) in [6, 6.07) is 7.74. The van der Waals surface area contributed by atoms with Gasteiger partial charge in [0.1, 0.15) is 17.4 Å². The number of benzene rings is 1. The van der Waals surface area contributed by atoms with Gasteiger partial charge < -0.3 is 19.9 Å². The summed E-state index contributed by atoms with van der Waals surface area (Å²) in [4.78, 5) is 9.93. The van der Waals surface area contributed by atoms with Crippen molar-refractivity contribution in [3.8, 4) is 5.75 Å². The average Bonchev–Trinajstić information content (AvgIpc) is 3.07. The summed E-state index contributed by atoms with van der Waals surface area (Å²) >= 11 is 0. The van der Waals surface area contributed by atoms with E-state index in [1.807, 2.05) is 6.92 Å². The monoisotopic (exact) mass is 329 g/mol. The van der Waals surface area contributed by atoms with Gasteiger partial charge in [-0.25, -0.2) is 9.37 Å². The Morgan fingerprint density at radius 2 is 2.12 bits per heavy atom. The highest BCUT2D eigenvalue weighted by Gasteiger charge is 2.19. The molecular formula is C16H16FN5O2. The van der Waals surface area contributed by atoms with E-state index in [1.165, 1.54) is 12.1 Å². The number of aromatic nitrogens is 3. The average molecular weight is 329 g/mol. The highest BCUT2D eigenvalue weighted by molar-refractivity contribution is 5.67. The second-order valence-electron chi connectivity index (χ2n) is 4.88. The number of ether oxygens (including phenoxy) is 1. The van der Waals surface area contributed by atoms with Gasteiger partial charge in [0, 0.05) is 18.3 Å². The van der Waals surface area contributed by atoms with Crippen LogP contribution in [0, 0.1) is 5.82 Å². The van der Waals surface area contributed by atoms with Gasteiger partial charge in [0.15, 0.2) is 5.76 Å². The van der Waals surface area contributed by atoms with Gasteiger partial charge in [-0.3, -0.25) is 0 Å². The molecule has 0 bridgehead atoms. The van der Waals surface area contributed by atoms with Gasteiger partial charge in [-0.2, -0.15) is 4.98 Å². The Labute approximate surface area is 137 Å². The van der Waals surface area contributed by atoms with Crippen LogP contribution in [0.2, 0.25) is 0 Å². The summed E-state index contributed by atoms with van der Waals surface area (Å²) in [5.74, 6) is 1.29. The second kappa shape index (κ2) is 6.95. The van der Waals surface area contributed by atoms with Crippen LogP contribution in [0.4, 0.5) is 21.8 Å². The third-order valence-corrected chi connectivity index (χ3v) is 3.25. The van der Waals surface area contributed by atoms with Gasteiger partial charge in [0.25, 0.3) is 0 Å². The van der Waals surface area contributed by atoms with Crippen molar-refractivity contribution in [2.24, 2.45) is 0 Å². The predicted octanol–water partition coefficient (Wildman–Crippen LogP) is 2.92. The molecule has 3 rings (SSSR count). The lowest BCUT2D eigenvalue weighted by molar-refractivity contribution is 0.338. The fourth-order valence-corrected chi connectivity index (χ4v) is 2.27. The predicted molar refractivity (Wildman–Crippen MR) is 86.4 cm³/mol. The lowest BCUT2D eigenvalue weighted by Crippen LogP contribution is -2.19. The van der Waals surface area contributed by atoms with Crippen LogP contribution in [0.5, 0.6) is 5.75 Å².